The Hall–Kier alpha value is -2.80. The van der Waals surface area contributed by atoms with Crippen molar-refractivity contribution in [2.45, 2.75) is 43.9 Å². The summed E-state index contributed by atoms with van der Waals surface area (Å²) in [6.45, 7) is 2.02. The second-order valence-electron chi connectivity index (χ2n) is 7.69. The van der Waals surface area contributed by atoms with Crippen molar-refractivity contribution in [3.63, 3.8) is 0 Å². The van der Waals surface area contributed by atoms with E-state index in [2.05, 4.69) is 11.4 Å². The van der Waals surface area contributed by atoms with E-state index < -0.39 is 10.0 Å². The number of ether oxygens (including phenoxy) is 1. The van der Waals surface area contributed by atoms with Gasteiger partial charge in [0.25, 0.3) is 10.0 Å². The van der Waals surface area contributed by atoms with Crippen LogP contribution >= 0.6 is 0 Å². The van der Waals surface area contributed by atoms with Crippen molar-refractivity contribution in [2.75, 3.05) is 24.5 Å². The van der Waals surface area contributed by atoms with Crippen LogP contribution in [0.15, 0.2) is 65.1 Å². The summed E-state index contributed by atoms with van der Waals surface area (Å²) in [5.41, 5.74) is 2.52. The number of rotatable bonds is 9. The van der Waals surface area contributed by atoms with E-state index in [0.29, 0.717) is 23.5 Å². The second-order valence-corrected chi connectivity index (χ2v) is 9.55. The van der Waals surface area contributed by atoms with Gasteiger partial charge in [0, 0.05) is 6.54 Å². The normalized spacial score (nSPS) is 13.9. The largest absolute Gasteiger partial charge is 0.496 e. The second kappa shape index (κ2) is 10.5. The lowest BCUT2D eigenvalue weighted by Crippen LogP contribution is -2.41. The number of allylic oxidation sites excluding steroid dienone is 1. The van der Waals surface area contributed by atoms with Crippen molar-refractivity contribution in [3.8, 4) is 5.75 Å². The molecule has 31 heavy (non-hydrogen) atoms. The molecule has 7 heteroatoms. The minimum atomic E-state index is -3.94. The smallest absolute Gasteiger partial charge is 0.264 e. The molecular formula is C24H30N2O4S. The number of amides is 1. The fourth-order valence-electron chi connectivity index (χ4n) is 3.73. The van der Waals surface area contributed by atoms with E-state index in [1.807, 2.05) is 6.07 Å². The van der Waals surface area contributed by atoms with E-state index in [9.17, 15) is 13.2 Å². The Morgan fingerprint density at radius 2 is 1.90 bits per heavy atom. The van der Waals surface area contributed by atoms with E-state index in [4.69, 9.17) is 4.74 Å². The van der Waals surface area contributed by atoms with Gasteiger partial charge in [0.1, 0.15) is 12.3 Å². The van der Waals surface area contributed by atoms with Crippen LogP contribution < -0.4 is 14.4 Å². The van der Waals surface area contributed by atoms with Gasteiger partial charge in [0.15, 0.2) is 0 Å². The summed E-state index contributed by atoms with van der Waals surface area (Å²) in [4.78, 5) is 12.8. The molecule has 0 bridgehead atoms. The summed E-state index contributed by atoms with van der Waals surface area (Å²) in [7, 11) is -2.39. The number of anilines is 1. The number of nitrogens with one attached hydrogen (secondary N) is 1. The molecule has 6 nitrogen and oxygen atoms in total. The molecule has 0 heterocycles. The van der Waals surface area contributed by atoms with Crippen LogP contribution in [0.25, 0.3) is 0 Å². The van der Waals surface area contributed by atoms with Crippen LogP contribution in [0.2, 0.25) is 0 Å². The van der Waals surface area contributed by atoms with Crippen molar-refractivity contribution in [3.05, 3.63) is 65.7 Å². The first-order valence-electron chi connectivity index (χ1n) is 10.6. The van der Waals surface area contributed by atoms with Crippen molar-refractivity contribution in [2.24, 2.45) is 0 Å². The van der Waals surface area contributed by atoms with Gasteiger partial charge in [-0.05, 0) is 74.9 Å². The van der Waals surface area contributed by atoms with Crippen LogP contribution in [-0.2, 0) is 14.8 Å². The molecule has 1 amide bonds. The number of carbonyl (C=O) groups excluding carboxylic acids is 1. The fourth-order valence-corrected chi connectivity index (χ4v) is 5.24. The first-order valence-corrected chi connectivity index (χ1v) is 12.0. The number of carbonyl (C=O) groups is 1. The monoisotopic (exact) mass is 442 g/mol. The number of sulfonamides is 1. The Bertz CT molecular complexity index is 1030. The topological polar surface area (TPSA) is 75.7 Å². The van der Waals surface area contributed by atoms with Crippen molar-refractivity contribution in [1.29, 1.82) is 0 Å². The third-order valence-electron chi connectivity index (χ3n) is 5.44. The van der Waals surface area contributed by atoms with Crippen LogP contribution in [0.1, 0.15) is 37.7 Å². The molecule has 0 spiro atoms. The van der Waals surface area contributed by atoms with E-state index in [1.54, 1.807) is 50.4 Å². The van der Waals surface area contributed by atoms with Crippen molar-refractivity contribution in [1.82, 2.24) is 5.32 Å². The standard InChI is InChI=1S/C24H30N2O4S/c1-19-17-22(13-14-23(19)30-2)31(28,29)26(21-11-7-4-8-12-21)18-24(27)25-16-15-20-9-5-3-6-10-20/h4,7-9,11-14,17H,3,5-6,10,15-16,18H2,1-2H3,(H,25,27). The number of methoxy groups -OCH3 is 1. The third kappa shape index (κ3) is 5.88. The highest BCUT2D eigenvalue weighted by Crippen LogP contribution is 2.27. The molecule has 0 aliphatic heterocycles. The van der Waals surface area contributed by atoms with E-state index in [1.165, 1.54) is 24.5 Å². The molecular weight excluding hydrogens is 412 g/mol. The number of hydrogen-bond acceptors (Lipinski definition) is 4. The van der Waals surface area contributed by atoms with Crippen LogP contribution in [0.4, 0.5) is 5.69 Å². The molecule has 1 aliphatic carbocycles. The fraction of sp³-hybridized carbons (Fsp3) is 0.375. The summed E-state index contributed by atoms with van der Waals surface area (Å²) in [5.74, 6) is 0.286. The van der Waals surface area contributed by atoms with Crippen LogP contribution in [-0.4, -0.2) is 34.5 Å². The van der Waals surface area contributed by atoms with Crippen LogP contribution in [0.5, 0.6) is 5.75 Å². The zero-order chi connectivity index (χ0) is 22.3. The molecule has 0 atom stereocenters. The molecule has 0 unspecified atom stereocenters. The van der Waals surface area contributed by atoms with Crippen LogP contribution in [0.3, 0.4) is 0 Å². The Balaban J connectivity index is 1.77. The van der Waals surface area contributed by atoms with E-state index in [-0.39, 0.29) is 17.3 Å². The zero-order valence-electron chi connectivity index (χ0n) is 18.1. The Morgan fingerprint density at radius 3 is 2.55 bits per heavy atom. The molecule has 0 saturated heterocycles. The van der Waals surface area contributed by atoms with Gasteiger partial charge in [-0.3, -0.25) is 9.10 Å². The van der Waals surface area contributed by atoms with E-state index >= 15 is 0 Å². The summed E-state index contributed by atoms with van der Waals surface area (Å²) in [5, 5.41) is 2.88. The summed E-state index contributed by atoms with van der Waals surface area (Å²) >= 11 is 0. The third-order valence-corrected chi connectivity index (χ3v) is 7.21. The molecule has 0 radical (unpaired) electrons. The van der Waals surface area contributed by atoms with Gasteiger partial charge >= 0.3 is 0 Å². The molecule has 2 aromatic rings. The lowest BCUT2D eigenvalue weighted by molar-refractivity contribution is -0.119. The quantitative estimate of drug-likeness (QED) is 0.591. The summed E-state index contributed by atoms with van der Waals surface area (Å²) < 4.78 is 33.3. The first kappa shape index (κ1) is 22.9. The average molecular weight is 443 g/mol. The SMILES string of the molecule is COc1ccc(S(=O)(=O)N(CC(=O)NCCC2=CCCCC2)c2ccccc2)cc1C. The first-order chi connectivity index (χ1) is 14.9. The Labute approximate surface area is 185 Å². The van der Waals surface area contributed by atoms with Gasteiger partial charge in [-0.1, -0.05) is 29.8 Å². The molecule has 0 saturated carbocycles. The highest BCUT2D eigenvalue weighted by Gasteiger charge is 2.27. The lowest BCUT2D eigenvalue weighted by atomic mass is 9.97. The number of hydrogen-bond donors (Lipinski definition) is 1. The maximum atomic E-state index is 13.4. The number of benzene rings is 2. The number of nitrogens with zero attached hydrogens (tertiary/aromatic N) is 1. The van der Waals surface area contributed by atoms with Gasteiger partial charge in [0.05, 0.1) is 17.7 Å². The predicted molar refractivity (Wildman–Crippen MR) is 123 cm³/mol. The maximum Gasteiger partial charge on any atom is 0.264 e. The molecule has 1 N–H and O–H groups in total. The molecule has 0 fully saturated rings. The number of para-hydroxylation sites is 1. The number of aryl methyl sites for hydroxylation is 1. The predicted octanol–water partition coefficient (Wildman–Crippen LogP) is 4.21. The minimum absolute atomic E-state index is 0.120. The van der Waals surface area contributed by atoms with Crippen molar-refractivity contribution < 1.29 is 17.9 Å². The lowest BCUT2D eigenvalue weighted by Gasteiger charge is -2.24. The zero-order valence-corrected chi connectivity index (χ0v) is 19.0. The van der Waals surface area contributed by atoms with Crippen LogP contribution in [0, 0.1) is 6.92 Å². The van der Waals surface area contributed by atoms with Gasteiger partial charge in [-0.15, -0.1) is 0 Å². The summed E-state index contributed by atoms with van der Waals surface area (Å²) in [6.07, 6.45) is 7.66. The minimum Gasteiger partial charge on any atom is -0.496 e. The highest BCUT2D eigenvalue weighted by molar-refractivity contribution is 7.92. The molecule has 2 aromatic carbocycles. The molecule has 166 valence electrons. The Kier molecular flexibility index (Phi) is 7.74. The maximum absolute atomic E-state index is 13.4. The Morgan fingerprint density at radius 1 is 1.13 bits per heavy atom. The van der Waals surface area contributed by atoms with Gasteiger partial charge in [0.2, 0.25) is 5.91 Å². The van der Waals surface area contributed by atoms with Gasteiger partial charge < -0.3 is 10.1 Å². The molecule has 0 aromatic heterocycles. The van der Waals surface area contributed by atoms with Gasteiger partial charge in [-0.25, -0.2) is 8.42 Å². The average Bonchev–Trinajstić information content (AvgIpc) is 2.78. The molecule has 1 aliphatic rings. The van der Waals surface area contributed by atoms with E-state index in [0.717, 1.165) is 23.6 Å². The summed E-state index contributed by atoms with van der Waals surface area (Å²) in [6, 6.07) is 13.4. The highest BCUT2D eigenvalue weighted by atomic mass is 32.2. The van der Waals surface area contributed by atoms with Crippen molar-refractivity contribution >= 4 is 21.6 Å². The van der Waals surface area contributed by atoms with Gasteiger partial charge in [-0.2, -0.15) is 0 Å². The molecule has 3 rings (SSSR count).